The van der Waals surface area contributed by atoms with E-state index in [2.05, 4.69) is 5.32 Å². The van der Waals surface area contributed by atoms with E-state index in [-0.39, 0.29) is 28.3 Å². The Morgan fingerprint density at radius 2 is 1.89 bits per heavy atom. The van der Waals surface area contributed by atoms with Crippen molar-refractivity contribution in [2.24, 2.45) is 0 Å². The molecule has 3 N–H and O–H groups in total. The summed E-state index contributed by atoms with van der Waals surface area (Å²) in [6.07, 6.45) is -4.69. The van der Waals surface area contributed by atoms with Crippen molar-refractivity contribution in [3.8, 4) is 5.75 Å². The van der Waals surface area contributed by atoms with E-state index < -0.39 is 46.7 Å². The third-order valence-electron chi connectivity index (χ3n) is 6.21. The van der Waals surface area contributed by atoms with Gasteiger partial charge in [-0.15, -0.1) is 0 Å². The monoisotopic (exact) mass is 514 g/mol. The number of nitrogens with one attached hydrogen (secondary N) is 1. The number of non-ortho nitro benzene ring substituents is 1. The summed E-state index contributed by atoms with van der Waals surface area (Å²) in [5.74, 6) is -0.474. The van der Waals surface area contributed by atoms with Gasteiger partial charge in [-0.05, 0) is 45.0 Å². The second-order valence-corrected chi connectivity index (χ2v) is 9.16. The summed E-state index contributed by atoms with van der Waals surface area (Å²) < 4.78 is 22.4. The Bertz CT molecular complexity index is 1420. The molecule has 0 aliphatic carbocycles. The van der Waals surface area contributed by atoms with Crippen LogP contribution in [0.5, 0.6) is 5.75 Å². The van der Waals surface area contributed by atoms with E-state index in [1.165, 1.54) is 31.4 Å². The fraction of sp³-hybridized carbons (Fsp3) is 0.360. The number of ether oxygens (including phenoxy) is 3. The number of nitro benzene ring substituents is 1. The van der Waals surface area contributed by atoms with E-state index in [0.717, 1.165) is 6.07 Å². The van der Waals surface area contributed by atoms with Crippen LogP contribution in [0.25, 0.3) is 11.0 Å². The zero-order chi connectivity index (χ0) is 27.1. The first-order valence-electron chi connectivity index (χ1n) is 11.3. The minimum atomic E-state index is -1.41. The highest BCUT2D eigenvalue weighted by atomic mass is 16.7. The largest absolute Gasteiger partial charge is 0.462 e. The maximum atomic E-state index is 12.6. The molecule has 0 saturated carbocycles. The van der Waals surface area contributed by atoms with Crippen molar-refractivity contribution < 1.29 is 38.6 Å². The Morgan fingerprint density at radius 3 is 2.57 bits per heavy atom. The summed E-state index contributed by atoms with van der Waals surface area (Å²) >= 11 is 0. The predicted molar refractivity (Wildman–Crippen MR) is 131 cm³/mol. The molecular weight excluding hydrogens is 488 g/mol. The number of hydrogen-bond donors (Lipinski definition) is 3. The molecular formula is C25H26N2O10. The molecule has 1 fully saturated rings. The topological polar surface area (TPSA) is 171 Å². The number of methoxy groups -OCH3 is 1. The Labute approximate surface area is 210 Å². The number of nitrogens with zero attached hydrogens (tertiary/aromatic N) is 1. The zero-order valence-corrected chi connectivity index (χ0v) is 20.5. The van der Waals surface area contributed by atoms with Crippen LogP contribution in [0, 0.1) is 17.0 Å². The number of aryl methyl sites for hydroxylation is 1. The predicted octanol–water partition coefficient (Wildman–Crippen LogP) is 2.51. The first-order chi connectivity index (χ1) is 17.4. The van der Waals surface area contributed by atoms with Crippen LogP contribution in [0.15, 0.2) is 51.7 Å². The summed E-state index contributed by atoms with van der Waals surface area (Å²) in [5.41, 5.74) is -1.64. The molecule has 12 heteroatoms. The highest BCUT2D eigenvalue weighted by Gasteiger charge is 2.50. The van der Waals surface area contributed by atoms with Crippen molar-refractivity contribution in [3.05, 3.63) is 74.1 Å². The van der Waals surface area contributed by atoms with Crippen molar-refractivity contribution in [1.29, 1.82) is 0 Å². The number of fused-ring (bicyclic) bond motifs is 1. The maximum Gasteiger partial charge on any atom is 0.360 e. The highest BCUT2D eigenvalue weighted by molar-refractivity contribution is 6.05. The second-order valence-electron chi connectivity index (χ2n) is 9.16. The molecule has 0 radical (unpaired) electrons. The molecule has 37 heavy (non-hydrogen) atoms. The van der Waals surface area contributed by atoms with Gasteiger partial charge in [-0.2, -0.15) is 0 Å². The van der Waals surface area contributed by atoms with Crippen molar-refractivity contribution in [2.45, 2.75) is 51.0 Å². The standard InChI is InChI=1S/C25H26N2O10/c1-12-17(35-24-19(29)18(28)21(34-4)25(2,3)37-24)9-8-13-11-16(23(31)36-20(12)13)26-22(30)14-6-5-7-15(10-14)27(32)33/h5-11,18-19,21,24,28-29H,1-4H3,(H,26,30)/t18-,19+,21+,24+/m0/s1. The molecule has 0 unspecified atom stereocenters. The van der Waals surface area contributed by atoms with Crippen LogP contribution < -0.4 is 15.7 Å². The number of nitro groups is 1. The molecule has 2 aromatic carbocycles. The summed E-state index contributed by atoms with van der Waals surface area (Å²) in [4.78, 5) is 35.6. The van der Waals surface area contributed by atoms with Crippen LogP contribution in [0.2, 0.25) is 0 Å². The SMILES string of the molecule is CO[C@@H]1[C@@H](O)[C@@H](O)[C@H](Oc2ccc3cc(NC(=O)c4cccc([N+](=O)[O-])c4)c(=O)oc3c2C)OC1(C)C. The number of aliphatic hydroxyl groups excluding tert-OH is 2. The van der Waals surface area contributed by atoms with Gasteiger partial charge in [0.25, 0.3) is 11.6 Å². The first-order valence-corrected chi connectivity index (χ1v) is 11.3. The average molecular weight is 514 g/mol. The van der Waals surface area contributed by atoms with E-state index >= 15 is 0 Å². The molecule has 3 aromatic rings. The van der Waals surface area contributed by atoms with E-state index in [9.17, 15) is 29.9 Å². The molecule has 1 aromatic heterocycles. The van der Waals surface area contributed by atoms with Gasteiger partial charge in [-0.3, -0.25) is 14.9 Å². The van der Waals surface area contributed by atoms with Gasteiger partial charge in [0, 0.05) is 35.8 Å². The lowest BCUT2D eigenvalue weighted by atomic mass is 9.89. The summed E-state index contributed by atoms with van der Waals surface area (Å²) in [6.45, 7) is 5.03. The smallest absolute Gasteiger partial charge is 0.360 e. The Balaban J connectivity index is 1.59. The molecule has 4 rings (SSSR count). The van der Waals surface area contributed by atoms with E-state index in [1.54, 1.807) is 32.9 Å². The van der Waals surface area contributed by atoms with E-state index in [4.69, 9.17) is 18.6 Å². The number of hydrogen-bond acceptors (Lipinski definition) is 10. The number of carbonyl (C=O) groups excluding carboxylic acids is 1. The summed E-state index contributed by atoms with van der Waals surface area (Å²) in [6, 6.07) is 9.66. The van der Waals surface area contributed by atoms with Gasteiger partial charge in [0.15, 0.2) is 0 Å². The van der Waals surface area contributed by atoms with Crippen molar-refractivity contribution in [2.75, 3.05) is 12.4 Å². The van der Waals surface area contributed by atoms with Crippen LogP contribution in [0.4, 0.5) is 11.4 Å². The molecule has 1 saturated heterocycles. The normalized spacial score (nSPS) is 23.0. The van der Waals surface area contributed by atoms with Crippen LogP contribution in [0.1, 0.15) is 29.8 Å². The number of benzene rings is 2. The van der Waals surface area contributed by atoms with Gasteiger partial charge in [0.2, 0.25) is 6.29 Å². The number of amides is 1. The van der Waals surface area contributed by atoms with Gasteiger partial charge in [0.1, 0.15) is 35.3 Å². The summed E-state index contributed by atoms with van der Waals surface area (Å²) in [5, 5.41) is 34.8. The lowest BCUT2D eigenvalue weighted by Gasteiger charge is -2.46. The molecule has 1 amide bonds. The molecule has 1 aliphatic heterocycles. The van der Waals surface area contributed by atoms with Gasteiger partial charge in [-0.1, -0.05) is 6.07 Å². The number of carbonyl (C=O) groups is 1. The molecule has 196 valence electrons. The van der Waals surface area contributed by atoms with E-state index in [1.807, 2.05) is 0 Å². The Hall–Kier alpha value is -3.84. The number of aliphatic hydroxyl groups is 2. The summed E-state index contributed by atoms with van der Waals surface area (Å²) in [7, 11) is 1.41. The number of rotatable bonds is 6. The van der Waals surface area contributed by atoms with Crippen molar-refractivity contribution in [1.82, 2.24) is 0 Å². The molecule has 2 heterocycles. The minimum Gasteiger partial charge on any atom is -0.462 e. The van der Waals surface area contributed by atoms with E-state index in [0.29, 0.717) is 10.9 Å². The van der Waals surface area contributed by atoms with Gasteiger partial charge in [0.05, 0.1) is 10.5 Å². The fourth-order valence-corrected chi connectivity index (χ4v) is 4.31. The lowest BCUT2D eigenvalue weighted by molar-refractivity contribution is -0.384. The third-order valence-corrected chi connectivity index (χ3v) is 6.21. The van der Waals surface area contributed by atoms with Crippen LogP contribution >= 0.6 is 0 Å². The van der Waals surface area contributed by atoms with Crippen LogP contribution in [-0.2, 0) is 9.47 Å². The van der Waals surface area contributed by atoms with Crippen molar-refractivity contribution >= 4 is 28.3 Å². The molecule has 0 bridgehead atoms. The maximum absolute atomic E-state index is 12.6. The Kier molecular flexibility index (Phi) is 7.02. The molecule has 0 spiro atoms. The minimum absolute atomic E-state index is 0.000453. The average Bonchev–Trinajstić information content (AvgIpc) is 2.85. The van der Waals surface area contributed by atoms with Crippen LogP contribution in [-0.4, -0.2) is 58.4 Å². The van der Waals surface area contributed by atoms with Gasteiger partial charge >= 0.3 is 5.63 Å². The van der Waals surface area contributed by atoms with Crippen LogP contribution in [0.3, 0.4) is 0 Å². The van der Waals surface area contributed by atoms with Gasteiger partial charge < -0.3 is 34.2 Å². The number of anilines is 1. The quantitative estimate of drug-likeness (QED) is 0.252. The Morgan fingerprint density at radius 1 is 1.16 bits per heavy atom. The third kappa shape index (κ3) is 5.04. The second kappa shape index (κ2) is 9.90. The lowest BCUT2D eigenvalue weighted by Crippen LogP contribution is -2.63. The molecule has 1 aliphatic rings. The first kappa shape index (κ1) is 26.2. The van der Waals surface area contributed by atoms with Gasteiger partial charge in [-0.25, -0.2) is 4.79 Å². The molecule has 4 atom stereocenters. The molecule has 12 nitrogen and oxygen atoms in total. The zero-order valence-electron chi connectivity index (χ0n) is 20.5. The fourth-order valence-electron chi connectivity index (χ4n) is 4.31. The highest BCUT2D eigenvalue weighted by Crippen LogP contribution is 2.35. The van der Waals surface area contributed by atoms with Crippen molar-refractivity contribution in [3.63, 3.8) is 0 Å².